The van der Waals surface area contributed by atoms with Crippen LogP contribution in [0.3, 0.4) is 0 Å². The lowest BCUT2D eigenvalue weighted by atomic mass is 9.98. The number of likely N-dealkylation sites (tertiary alicyclic amines) is 1. The molecule has 3 N–H and O–H groups in total. The highest BCUT2D eigenvalue weighted by molar-refractivity contribution is 7.92. The van der Waals surface area contributed by atoms with Crippen molar-refractivity contribution in [1.82, 2.24) is 15.2 Å². The van der Waals surface area contributed by atoms with Crippen LogP contribution < -0.4 is 15.4 Å². The number of nitrogens with zero attached hydrogens (tertiary/aromatic N) is 2. The minimum absolute atomic E-state index is 0.0900. The first-order valence-electron chi connectivity index (χ1n) is 13.4. The van der Waals surface area contributed by atoms with E-state index in [0.29, 0.717) is 16.0 Å². The van der Waals surface area contributed by atoms with Crippen molar-refractivity contribution in [1.29, 1.82) is 0 Å². The molecule has 2 heterocycles. The zero-order valence-electron chi connectivity index (χ0n) is 23.2. The van der Waals surface area contributed by atoms with Gasteiger partial charge >= 0.3 is 6.18 Å². The van der Waals surface area contributed by atoms with E-state index >= 15 is 0 Å². The number of pyridine rings is 1. The fraction of sp³-hybridized carbons (Fsp3) is 0.233. The topological polar surface area (TPSA) is 120 Å². The minimum atomic E-state index is -4.71. The summed E-state index contributed by atoms with van der Waals surface area (Å²) in [6.45, 7) is 0.273. The minimum Gasteiger partial charge on any atom is -0.380 e. The lowest BCUT2D eigenvalue weighted by Crippen LogP contribution is -2.56. The number of alkyl halides is 3. The second-order valence-corrected chi connectivity index (χ2v) is 12.7. The molecule has 1 aliphatic rings. The molecule has 0 radical (unpaired) electrons. The number of nitrogens with one attached hydrogen (secondary N) is 3. The van der Waals surface area contributed by atoms with Gasteiger partial charge in [0.25, 0.3) is 11.8 Å². The Balaban J connectivity index is 1.45. The predicted octanol–water partition coefficient (Wildman–Crippen LogP) is 5.40. The van der Waals surface area contributed by atoms with Crippen LogP contribution in [-0.4, -0.2) is 61.5 Å². The number of aromatic nitrogens is 1. The van der Waals surface area contributed by atoms with Crippen LogP contribution >= 0.6 is 11.6 Å². The molecule has 3 aromatic carbocycles. The standard InChI is InChI=1S/C30H27ClF3N5O4S/c1-44(42,43)38-21-9-5-8-19(12-21)28(40)36-23-14-22(16-39(17-23)29(41)18-6-3-2-4-7-18)35-26-15-27(30(32,33)34)37-25-11-10-20(31)13-24(25)26/h2-13,15,22-23,38H,14,16-17H2,1H3,(H,35,37)(H,36,40)/t22-,23+/m1/s1. The number of sulfonamides is 1. The van der Waals surface area contributed by atoms with Crippen molar-refractivity contribution >= 4 is 55.7 Å². The summed E-state index contributed by atoms with van der Waals surface area (Å²) in [5.74, 6) is -0.824. The molecular weight excluding hydrogens is 619 g/mol. The van der Waals surface area contributed by atoms with E-state index in [2.05, 4.69) is 20.3 Å². The monoisotopic (exact) mass is 645 g/mol. The van der Waals surface area contributed by atoms with Crippen LogP contribution in [0, 0.1) is 0 Å². The van der Waals surface area contributed by atoms with Crippen LogP contribution in [-0.2, 0) is 16.2 Å². The van der Waals surface area contributed by atoms with E-state index < -0.39 is 39.9 Å². The van der Waals surface area contributed by atoms with E-state index in [0.717, 1.165) is 12.3 Å². The molecule has 0 bridgehead atoms. The van der Waals surface area contributed by atoms with Crippen molar-refractivity contribution in [3.63, 3.8) is 0 Å². The summed E-state index contributed by atoms with van der Waals surface area (Å²) in [4.78, 5) is 32.0. The summed E-state index contributed by atoms with van der Waals surface area (Å²) < 4.78 is 66.8. The van der Waals surface area contributed by atoms with Gasteiger partial charge in [0, 0.05) is 58.1 Å². The predicted molar refractivity (Wildman–Crippen MR) is 162 cm³/mol. The van der Waals surface area contributed by atoms with Crippen molar-refractivity contribution in [3.8, 4) is 0 Å². The number of carbonyl (C=O) groups is 2. The largest absolute Gasteiger partial charge is 0.433 e. The molecule has 1 aromatic heterocycles. The Hall–Kier alpha value is -4.36. The van der Waals surface area contributed by atoms with Gasteiger partial charge in [0.1, 0.15) is 5.69 Å². The first-order valence-corrected chi connectivity index (χ1v) is 15.7. The zero-order valence-corrected chi connectivity index (χ0v) is 24.8. The van der Waals surface area contributed by atoms with Crippen molar-refractivity contribution in [2.75, 3.05) is 29.4 Å². The van der Waals surface area contributed by atoms with Gasteiger partial charge in [-0.1, -0.05) is 35.9 Å². The second kappa shape index (κ2) is 12.3. The molecule has 0 unspecified atom stereocenters. The van der Waals surface area contributed by atoms with Crippen LogP contribution in [0.2, 0.25) is 5.02 Å². The van der Waals surface area contributed by atoms with Crippen LogP contribution in [0.4, 0.5) is 24.5 Å². The molecule has 4 aromatic rings. The molecule has 5 rings (SSSR count). The molecule has 2 amide bonds. The highest BCUT2D eigenvalue weighted by Gasteiger charge is 2.35. The number of hydrogen-bond acceptors (Lipinski definition) is 6. The van der Waals surface area contributed by atoms with Crippen LogP contribution in [0.1, 0.15) is 32.8 Å². The molecule has 0 spiro atoms. The lowest BCUT2D eigenvalue weighted by molar-refractivity contribution is -0.140. The zero-order chi connectivity index (χ0) is 31.6. The normalized spacial score (nSPS) is 17.2. The van der Waals surface area contributed by atoms with Crippen LogP contribution in [0.5, 0.6) is 0 Å². The Morgan fingerprint density at radius 1 is 0.932 bits per heavy atom. The highest BCUT2D eigenvalue weighted by Crippen LogP contribution is 2.35. The number of anilines is 2. The van der Waals surface area contributed by atoms with E-state index in [9.17, 15) is 31.2 Å². The van der Waals surface area contributed by atoms with Crippen molar-refractivity contribution in [2.24, 2.45) is 0 Å². The summed E-state index contributed by atoms with van der Waals surface area (Å²) in [5, 5.41) is 6.73. The number of carbonyl (C=O) groups excluding carboxylic acids is 2. The van der Waals surface area contributed by atoms with E-state index in [1.165, 1.54) is 47.4 Å². The third kappa shape index (κ3) is 7.58. The summed E-state index contributed by atoms with van der Waals surface area (Å²) in [7, 11) is -3.58. The first kappa shape index (κ1) is 31.1. The number of rotatable bonds is 7. The molecule has 9 nitrogen and oxygen atoms in total. The molecule has 0 saturated carbocycles. The lowest BCUT2D eigenvalue weighted by Gasteiger charge is -2.39. The van der Waals surface area contributed by atoms with E-state index in [1.807, 2.05) is 0 Å². The van der Waals surface area contributed by atoms with Gasteiger partial charge in [-0.15, -0.1) is 0 Å². The smallest absolute Gasteiger partial charge is 0.380 e. The second-order valence-electron chi connectivity index (χ2n) is 10.5. The Bertz CT molecular complexity index is 1820. The Kier molecular flexibility index (Phi) is 8.71. The Labute approximate surface area is 256 Å². The highest BCUT2D eigenvalue weighted by atomic mass is 35.5. The fourth-order valence-electron chi connectivity index (χ4n) is 5.13. The van der Waals surface area contributed by atoms with Crippen molar-refractivity contribution in [3.05, 3.63) is 101 Å². The van der Waals surface area contributed by atoms with Gasteiger partial charge in [0.15, 0.2) is 0 Å². The molecule has 2 atom stereocenters. The first-order chi connectivity index (χ1) is 20.7. The Morgan fingerprint density at radius 2 is 1.64 bits per heavy atom. The molecular formula is C30H27ClF3N5O4S. The quantitative estimate of drug-likeness (QED) is 0.248. The van der Waals surface area contributed by atoms with Gasteiger partial charge in [-0.05, 0) is 61.0 Å². The number of benzene rings is 3. The van der Waals surface area contributed by atoms with Crippen LogP contribution in [0.25, 0.3) is 10.9 Å². The molecule has 230 valence electrons. The third-order valence-corrected chi connectivity index (χ3v) is 7.78. The third-order valence-electron chi connectivity index (χ3n) is 6.94. The van der Waals surface area contributed by atoms with Gasteiger partial charge in [-0.3, -0.25) is 14.3 Å². The summed E-state index contributed by atoms with van der Waals surface area (Å²) in [6, 6.07) is 18.5. The van der Waals surface area contributed by atoms with Crippen LogP contribution in [0.15, 0.2) is 78.9 Å². The number of fused-ring (bicyclic) bond motifs is 1. The van der Waals surface area contributed by atoms with Crippen molar-refractivity contribution < 1.29 is 31.2 Å². The maximum Gasteiger partial charge on any atom is 0.433 e. The summed E-state index contributed by atoms with van der Waals surface area (Å²) in [5.41, 5.74) is -0.0682. The summed E-state index contributed by atoms with van der Waals surface area (Å²) in [6.07, 6.45) is -3.45. The maximum atomic E-state index is 13.7. The molecule has 1 saturated heterocycles. The van der Waals surface area contributed by atoms with Gasteiger partial charge in [0.05, 0.1) is 11.8 Å². The van der Waals surface area contributed by atoms with E-state index in [1.54, 1.807) is 30.3 Å². The van der Waals surface area contributed by atoms with Gasteiger partial charge in [-0.2, -0.15) is 13.2 Å². The SMILES string of the molecule is CS(=O)(=O)Nc1cccc(C(=O)N[C@H]2C[C@@H](Nc3cc(C(F)(F)F)nc4ccc(Cl)cc34)CN(C(=O)c3ccccc3)C2)c1. The van der Waals surface area contributed by atoms with E-state index in [4.69, 9.17) is 11.6 Å². The van der Waals surface area contributed by atoms with E-state index in [-0.39, 0.29) is 47.9 Å². The molecule has 1 aliphatic heterocycles. The number of halogens is 4. The molecule has 0 aliphatic carbocycles. The van der Waals surface area contributed by atoms with Gasteiger partial charge in [0.2, 0.25) is 10.0 Å². The summed E-state index contributed by atoms with van der Waals surface area (Å²) >= 11 is 6.16. The molecule has 1 fully saturated rings. The maximum absolute atomic E-state index is 13.7. The molecule has 44 heavy (non-hydrogen) atoms. The number of piperidine rings is 1. The average Bonchev–Trinajstić information content (AvgIpc) is 2.96. The average molecular weight is 646 g/mol. The number of amides is 2. The van der Waals surface area contributed by atoms with Gasteiger partial charge < -0.3 is 15.5 Å². The molecule has 14 heteroatoms. The van der Waals surface area contributed by atoms with Gasteiger partial charge in [-0.25, -0.2) is 13.4 Å². The Morgan fingerprint density at radius 3 is 2.34 bits per heavy atom. The number of hydrogen-bond donors (Lipinski definition) is 3. The van der Waals surface area contributed by atoms with Crippen molar-refractivity contribution in [2.45, 2.75) is 24.7 Å². The fourth-order valence-corrected chi connectivity index (χ4v) is 5.85.